The van der Waals surface area contributed by atoms with Crippen LogP contribution in [0.5, 0.6) is 0 Å². The van der Waals surface area contributed by atoms with Crippen LogP contribution in [0.1, 0.15) is 27.5 Å². The first-order valence-electron chi connectivity index (χ1n) is 6.95. The number of carbonyl (C=O) groups excluding carboxylic acids is 1. The quantitative estimate of drug-likeness (QED) is 0.785. The second kappa shape index (κ2) is 6.26. The lowest BCUT2D eigenvalue weighted by molar-refractivity contribution is 0.0711. The van der Waals surface area contributed by atoms with E-state index in [-0.39, 0.29) is 5.91 Å². The Kier molecular flexibility index (Phi) is 4.00. The number of rotatable bonds is 5. The molecule has 0 atom stereocenters. The zero-order chi connectivity index (χ0) is 15.4. The smallest absolute Gasteiger partial charge is 0.275 e. The van der Waals surface area contributed by atoms with E-state index in [1.165, 1.54) is 0 Å². The van der Waals surface area contributed by atoms with Crippen molar-refractivity contribution in [1.82, 2.24) is 20.1 Å². The molecule has 3 aromatic rings. The molecule has 6 nitrogen and oxygen atoms in total. The fraction of sp³-hybridized carbons (Fsp3) is 0.188. The molecule has 112 valence electrons. The summed E-state index contributed by atoms with van der Waals surface area (Å²) < 4.78 is 5.36. The normalized spacial score (nSPS) is 10.6. The van der Waals surface area contributed by atoms with Gasteiger partial charge in [0.05, 0.1) is 12.8 Å². The number of nitrogens with zero attached hydrogens (tertiary/aromatic N) is 3. The molecule has 3 rings (SSSR count). The van der Waals surface area contributed by atoms with Crippen LogP contribution >= 0.6 is 0 Å². The molecule has 0 aliphatic carbocycles. The lowest BCUT2D eigenvalue weighted by Crippen LogP contribution is -2.30. The number of aromatic nitrogens is 3. The van der Waals surface area contributed by atoms with Crippen LogP contribution in [0.2, 0.25) is 0 Å². The molecule has 3 aromatic heterocycles. The highest BCUT2D eigenvalue weighted by Gasteiger charge is 2.20. The average Bonchev–Trinajstić information content (AvgIpc) is 3.18. The van der Waals surface area contributed by atoms with Crippen molar-refractivity contribution in [3.63, 3.8) is 0 Å². The minimum Gasteiger partial charge on any atom is -0.467 e. The van der Waals surface area contributed by atoms with Gasteiger partial charge in [-0.3, -0.25) is 14.9 Å². The van der Waals surface area contributed by atoms with Gasteiger partial charge in [0, 0.05) is 24.6 Å². The molecule has 0 aromatic carbocycles. The predicted molar refractivity (Wildman–Crippen MR) is 79.8 cm³/mol. The number of furan rings is 1. The summed E-state index contributed by atoms with van der Waals surface area (Å²) in [4.78, 5) is 18.4. The molecule has 6 heteroatoms. The third-order valence-corrected chi connectivity index (χ3v) is 3.24. The van der Waals surface area contributed by atoms with Gasteiger partial charge in [0.15, 0.2) is 0 Å². The molecular formula is C16H16N4O2. The highest BCUT2D eigenvalue weighted by Crippen LogP contribution is 2.13. The second-order valence-corrected chi connectivity index (χ2v) is 5.04. The summed E-state index contributed by atoms with van der Waals surface area (Å²) >= 11 is 0. The molecule has 0 saturated heterocycles. The maximum absolute atomic E-state index is 12.7. The van der Waals surface area contributed by atoms with Crippen molar-refractivity contribution in [2.75, 3.05) is 0 Å². The van der Waals surface area contributed by atoms with Crippen molar-refractivity contribution in [2.45, 2.75) is 20.0 Å². The van der Waals surface area contributed by atoms with Crippen LogP contribution in [0, 0.1) is 6.92 Å². The van der Waals surface area contributed by atoms with Crippen LogP contribution in [-0.4, -0.2) is 26.0 Å². The number of carbonyl (C=O) groups is 1. The van der Waals surface area contributed by atoms with Crippen molar-refractivity contribution in [3.05, 3.63) is 71.7 Å². The Bertz CT molecular complexity index is 735. The first-order valence-corrected chi connectivity index (χ1v) is 6.95. The summed E-state index contributed by atoms with van der Waals surface area (Å²) in [5.41, 5.74) is 2.20. The Hall–Kier alpha value is -2.89. The van der Waals surface area contributed by atoms with Gasteiger partial charge in [0.1, 0.15) is 11.5 Å². The molecule has 0 spiro atoms. The summed E-state index contributed by atoms with van der Waals surface area (Å²) in [6.07, 6.45) is 5.05. The lowest BCUT2D eigenvalue weighted by Gasteiger charge is -2.20. The first kappa shape index (κ1) is 14.1. The van der Waals surface area contributed by atoms with E-state index in [0.29, 0.717) is 18.8 Å². The largest absolute Gasteiger partial charge is 0.467 e. The van der Waals surface area contributed by atoms with Crippen LogP contribution in [0.15, 0.2) is 53.4 Å². The van der Waals surface area contributed by atoms with E-state index in [2.05, 4.69) is 15.2 Å². The Morgan fingerprint density at radius 2 is 2.23 bits per heavy atom. The van der Waals surface area contributed by atoms with Crippen molar-refractivity contribution in [2.24, 2.45) is 0 Å². The van der Waals surface area contributed by atoms with Gasteiger partial charge in [0.2, 0.25) is 0 Å². The minimum absolute atomic E-state index is 0.149. The molecule has 0 fully saturated rings. The number of hydrogen-bond acceptors (Lipinski definition) is 4. The summed E-state index contributed by atoms with van der Waals surface area (Å²) in [6, 6.07) is 9.18. The van der Waals surface area contributed by atoms with E-state index in [1.807, 2.05) is 25.1 Å². The summed E-state index contributed by atoms with van der Waals surface area (Å²) in [6.45, 7) is 2.69. The highest BCUT2D eigenvalue weighted by atomic mass is 16.3. The molecule has 0 bridgehead atoms. The van der Waals surface area contributed by atoms with Crippen molar-refractivity contribution < 1.29 is 9.21 Å². The van der Waals surface area contributed by atoms with Gasteiger partial charge in [0.25, 0.3) is 5.91 Å². The molecule has 0 radical (unpaired) electrons. The van der Waals surface area contributed by atoms with Gasteiger partial charge in [-0.1, -0.05) is 6.07 Å². The monoisotopic (exact) mass is 296 g/mol. The number of nitrogens with one attached hydrogen (secondary N) is 1. The van der Waals surface area contributed by atoms with E-state index in [1.54, 1.807) is 35.7 Å². The van der Waals surface area contributed by atoms with E-state index >= 15 is 0 Å². The van der Waals surface area contributed by atoms with Crippen LogP contribution in [-0.2, 0) is 13.1 Å². The number of amides is 1. The van der Waals surface area contributed by atoms with Crippen molar-refractivity contribution >= 4 is 5.91 Å². The van der Waals surface area contributed by atoms with Crippen LogP contribution in [0.25, 0.3) is 0 Å². The Morgan fingerprint density at radius 1 is 1.32 bits per heavy atom. The Labute approximate surface area is 127 Å². The zero-order valence-corrected chi connectivity index (χ0v) is 12.2. The average molecular weight is 296 g/mol. The van der Waals surface area contributed by atoms with E-state index in [4.69, 9.17) is 4.42 Å². The number of aromatic amines is 1. The molecular weight excluding hydrogens is 280 g/mol. The molecule has 0 aliphatic heterocycles. The third-order valence-electron chi connectivity index (χ3n) is 3.24. The second-order valence-electron chi connectivity index (χ2n) is 5.04. The van der Waals surface area contributed by atoms with Gasteiger partial charge < -0.3 is 9.32 Å². The maximum atomic E-state index is 12.7. The molecule has 0 saturated carbocycles. The number of aryl methyl sites for hydroxylation is 1. The van der Waals surface area contributed by atoms with E-state index < -0.39 is 0 Å². The molecule has 1 amide bonds. The maximum Gasteiger partial charge on any atom is 0.275 e. The summed E-state index contributed by atoms with van der Waals surface area (Å²) in [5, 5.41) is 6.84. The third kappa shape index (κ3) is 3.22. The van der Waals surface area contributed by atoms with Gasteiger partial charge >= 0.3 is 0 Å². The first-order chi connectivity index (χ1) is 10.7. The number of hydrogen-bond donors (Lipinski definition) is 1. The minimum atomic E-state index is -0.149. The van der Waals surface area contributed by atoms with Crippen molar-refractivity contribution in [1.29, 1.82) is 0 Å². The molecule has 1 N–H and O–H groups in total. The summed E-state index contributed by atoms with van der Waals surface area (Å²) in [7, 11) is 0. The fourth-order valence-electron chi connectivity index (χ4n) is 2.19. The van der Waals surface area contributed by atoms with Gasteiger partial charge in [-0.05, 0) is 36.8 Å². The van der Waals surface area contributed by atoms with Crippen LogP contribution < -0.4 is 0 Å². The van der Waals surface area contributed by atoms with Crippen LogP contribution in [0.4, 0.5) is 0 Å². The molecule has 3 heterocycles. The van der Waals surface area contributed by atoms with Crippen molar-refractivity contribution in [3.8, 4) is 0 Å². The van der Waals surface area contributed by atoms with E-state index in [9.17, 15) is 4.79 Å². The number of pyridine rings is 1. The molecule has 22 heavy (non-hydrogen) atoms. The predicted octanol–water partition coefficient (Wildman–Crippen LogP) is 2.55. The van der Waals surface area contributed by atoms with Gasteiger partial charge in [-0.15, -0.1) is 0 Å². The van der Waals surface area contributed by atoms with Gasteiger partial charge in [-0.2, -0.15) is 5.10 Å². The lowest BCUT2D eigenvalue weighted by atomic mass is 10.2. The number of H-pyrrole nitrogens is 1. The topological polar surface area (TPSA) is 75.0 Å². The molecule has 0 aliphatic rings. The standard InChI is InChI=1S/C16H16N4O2/c1-12-8-15(19-18-12)16(21)20(11-14-5-3-7-22-14)10-13-4-2-6-17-9-13/h2-9H,10-11H2,1H3,(H,18,19). The highest BCUT2D eigenvalue weighted by molar-refractivity contribution is 5.92. The SMILES string of the molecule is Cc1cc(C(=O)N(Cc2cccnc2)Cc2ccco2)n[nH]1. The Balaban J connectivity index is 1.83. The van der Waals surface area contributed by atoms with Crippen LogP contribution in [0.3, 0.4) is 0 Å². The Morgan fingerprint density at radius 3 is 2.86 bits per heavy atom. The molecule has 0 unspecified atom stereocenters. The fourth-order valence-corrected chi connectivity index (χ4v) is 2.19. The zero-order valence-electron chi connectivity index (χ0n) is 12.2. The van der Waals surface area contributed by atoms with Gasteiger partial charge in [-0.25, -0.2) is 0 Å². The van der Waals surface area contributed by atoms with E-state index in [0.717, 1.165) is 17.0 Å². The summed E-state index contributed by atoms with van der Waals surface area (Å²) in [5.74, 6) is 0.578.